The summed E-state index contributed by atoms with van der Waals surface area (Å²) in [7, 11) is -0.917. The molecule has 0 radical (unpaired) electrons. The van der Waals surface area contributed by atoms with E-state index in [9.17, 15) is 13.2 Å². The van der Waals surface area contributed by atoms with Crippen LogP contribution in [0.15, 0.2) is 45.8 Å². The van der Waals surface area contributed by atoms with Gasteiger partial charge in [-0.25, -0.2) is 17.5 Å². The van der Waals surface area contributed by atoms with Crippen molar-refractivity contribution in [2.45, 2.75) is 4.90 Å². The smallest absolute Gasteiger partial charge is 0.345 e. The molecular weight excluding hydrogens is 441 g/mol. The van der Waals surface area contributed by atoms with Gasteiger partial charge in [0.2, 0.25) is 10.0 Å². The van der Waals surface area contributed by atoms with E-state index in [-0.39, 0.29) is 26.3 Å². The van der Waals surface area contributed by atoms with Crippen LogP contribution in [0.4, 0.5) is 0 Å². The minimum atomic E-state index is -3.70. The number of hydrogen-bond acceptors (Lipinski definition) is 4. The molecule has 0 bridgehead atoms. The Labute approximate surface area is 158 Å². The Hall–Kier alpha value is -1.12. The molecule has 2 aromatic rings. The summed E-state index contributed by atoms with van der Waals surface area (Å²) >= 11 is 15.3. The second kappa shape index (κ2) is 7.41. The first-order valence-electron chi connectivity index (χ1n) is 6.52. The van der Waals surface area contributed by atoms with Gasteiger partial charge in [-0.05, 0) is 36.4 Å². The summed E-state index contributed by atoms with van der Waals surface area (Å²) < 4.78 is 31.3. The number of nitrogens with zero attached hydrogens (tertiary/aromatic N) is 1. The third-order valence-electron chi connectivity index (χ3n) is 3.03. The van der Waals surface area contributed by atoms with Crippen LogP contribution in [-0.2, 0) is 10.0 Å². The molecule has 2 aromatic carbocycles. The molecule has 0 saturated carbocycles. The molecule has 0 aliphatic rings. The van der Waals surface area contributed by atoms with E-state index in [1.165, 1.54) is 38.4 Å². The number of ether oxygens (including phenoxy) is 1. The molecule has 0 aliphatic carbocycles. The number of rotatable bonds is 4. The van der Waals surface area contributed by atoms with Crippen LogP contribution in [-0.4, -0.2) is 32.8 Å². The fourth-order valence-corrected chi connectivity index (χ4v) is 3.58. The highest BCUT2D eigenvalue weighted by Crippen LogP contribution is 2.30. The Morgan fingerprint density at radius 3 is 2.33 bits per heavy atom. The van der Waals surface area contributed by atoms with E-state index < -0.39 is 16.0 Å². The number of halogens is 3. The normalized spacial score (nSPS) is 11.6. The van der Waals surface area contributed by atoms with Gasteiger partial charge in [-0.2, -0.15) is 0 Å². The minimum absolute atomic E-state index is 0.0641. The van der Waals surface area contributed by atoms with Crippen LogP contribution in [0, 0.1) is 0 Å². The van der Waals surface area contributed by atoms with Crippen LogP contribution in [0.2, 0.25) is 10.0 Å². The summed E-state index contributed by atoms with van der Waals surface area (Å²) in [5.41, 5.74) is -0.0708. The molecule has 0 spiro atoms. The van der Waals surface area contributed by atoms with Crippen molar-refractivity contribution in [1.82, 2.24) is 4.31 Å². The van der Waals surface area contributed by atoms with Gasteiger partial charge < -0.3 is 4.74 Å². The van der Waals surface area contributed by atoms with E-state index in [1.54, 1.807) is 12.1 Å². The summed E-state index contributed by atoms with van der Waals surface area (Å²) in [4.78, 5) is 12.3. The van der Waals surface area contributed by atoms with E-state index in [0.717, 1.165) is 8.78 Å². The van der Waals surface area contributed by atoms with Gasteiger partial charge >= 0.3 is 5.97 Å². The molecule has 0 N–H and O–H groups in total. The Bertz CT molecular complexity index is 900. The predicted molar refractivity (Wildman–Crippen MR) is 96.4 cm³/mol. The molecule has 0 heterocycles. The molecule has 9 heteroatoms. The maximum Gasteiger partial charge on any atom is 0.345 e. The molecule has 2 rings (SSSR count). The molecule has 128 valence electrons. The van der Waals surface area contributed by atoms with E-state index >= 15 is 0 Å². The van der Waals surface area contributed by atoms with Crippen molar-refractivity contribution in [1.29, 1.82) is 0 Å². The average molecular weight is 453 g/mol. The van der Waals surface area contributed by atoms with Crippen molar-refractivity contribution in [3.63, 3.8) is 0 Å². The van der Waals surface area contributed by atoms with Crippen LogP contribution in [0.1, 0.15) is 10.4 Å². The first-order chi connectivity index (χ1) is 11.1. The summed E-state index contributed by atoms with van der Waals surface area (Å²) in [5.74, 6) is -0.665. The Morgan fingerprint density at radius 1 is 1.08 bits per heavy atom. The SMILES string of the molecule is CN(C)S(=O)(=O)c1ccc(Cl)c(C(=O)Oc2ccc(Br)cc2Cl)c1. The first kappa shape index (κ1) is 19.2. The van der Waals surface area contributed by atoms with E-state index in [2.05, 4.69) is 15.9 Å². The lowest BCUT2D eigenvalue weighted by atomic mass is 10.2. The molecular formula is C15H12BrCl2NO4S. The molecule has 0 aromatic heterocycles. The van der Waals surface area contributed by atoms with Crippen molar-refractivity contribution in [2.24, 2.45) is 0 Å². The highest BCUT2D eigenvalue weighted by atomic mass is 79.9. The number of carbonyl (C=O) groups is 1. The second-order valence-corrected chi connectivity index (χ2v) is 8.78. The van der Waals surface area contributed by atoms with Crippen LogP contribution < -0.4 is 4.74 Å². The highest BCUT2D eigenvalue weighted by Gasteiger charge is 2.22. The minimum Gasteiger partial charge on any atom is -0.421 e. The van der Waals surface area contributed by atoms with Gasteiger partial charge in [0.15, 0.2) is 0 Å². The number of esters is 1. The fraction of sp³-hybridized carbons (Fsp3) is 0.133. The number of sulfonamides is 1. The molecule has 0 saturated heterocycles. The van der Waals surface area contributed by atoms with Crippen LogP contribution in [0.5, 0.6) is 5.75 Å². The van der Waals surface area contributed by atoms with Crippen molar-refractivity contribution >= 4 is 55.1 Å². The van der Waals surface area contributed by atoms with Crippen LogP contribution in [0.25, 0.3) is 0 Å². The Morgan fingerprint density at radius 2 is 1.75 bits per heavy atom. The summed E-state index contributed by atoms with van der Waals surface area (Å²) in [6.45, 7) is 0. The average Bonchev–Trinajstić information content (AvgIpc) is 2.50. The zero-order valence-corrected chi connectivity index (χ0v) is 16.5. The quantitative estimate of drug-likeness (QED) is 0.514. The molecule has 0 unspecified atom stereocenters. The number of benzene rings is 2. The standard InChI is InChI=1S/C15H12BrCl2NO4S/c1-19(2)24(21,22)10-4-5-12(17)11(8-10)15(20)23-14-6-3-9(16)7-13(14)18/h3-8H,1-2H3. The third kappa shape index (κ3) is 4.10. The van der Waals surface area contributed by atoms with E-state index in [0.29, 0.717) is 0 Å². The fourth-order valence-electron chi connectivity index (χ4n) is 1.74. The lowest BCUT2D eigenvalue weighted by molar-refractivity contribution is 0.0734. The monoisotopic (exact) mass is 451 g/mol. The van der Waals surface area contributed by atoms with Gasteiger partial charge in [0.05, 0.1) is 20.5 Å². The van der Waals surface area contributed by atoms with Gasteiger partial charge in [-0.1, -0.05) is 39.1 Å². The van der Waals surface area contributed by atoms with Gasteiger partial charge in [-0.15, -0.1) is 0 Å². The molecule has 0 aliphatic heterocycles. The summed E-state index contributed by atoms with van der Waals surface area (Å²) in [5, 5.41) is 0.303. The van der Waals surface area contributed by atoms with Crippen LogP contribution in [0.3, 0.4) is 0 Å². The maximum absolute atomic E-state index is 12.3. The Kier molecular flexibility index (Phi) is 5.93. The van der Waals surface area contributed by atoms with Gasteiger partial charge in [-0.3, -0.25) is 0 Å². The topological polar surface area (TPSA) is 63.7 Å². The largest absolute Gasteiger partial charge is 0.421 e. The van der Waals surface area contributed by atoms with E-state index in [4.69, 9.17) is 27.9 Å². The van der Waals surface area contributed by atoms with Crippen LogP contribution >= 0.6 is 39.1 Å². The zero-order chi connectivity index (χ0) is 18.1. The third-order valence-corrected chi connectivity index (χ3v) is 5.96. The molecule has 0 amide bonds. The van der Waals surface area contributed by atoms with Gasteiger partial charge in [0.1, 0.15) is 5.75 Å². The second-order valence-electron chi connectivity index (χ2n) is 4.89. The lowest BCUT2D eigenvalue weighted by Crippen LogP contribution is -2.22. The van der Waals surface area contributed by atoms with Gasteiger partial charge in [0.25, 0.3) is 0 Å². The van der Waals surface area contributed by atoms with Crippen molar-refractivity contribution in [3.05, 3.63) is 56.5 Å². The molecule has 5 nitrogen and oxygen atoms in total. The number of carbonyl (C=O) groups excluding carboxylic acids is 1. The van der Waals surface area contributed by atoms with E-state index in [1.807, 2.05) is 0 Å². The highest BCUT2D eigenvalue weighted by molar-refractivity contribution is 9.10. The molecule has 0 atom stereocenters. The van der Waals surface area contributed by atoms with Gasteiger partial charge in [0, 0.05) is 18.6 Å². The number of hydrogen-bond donors (Lipinski definition) is 0. The summed E-state index contributed by atoms with van der Waals surface area (Å²) in [6.07, 6.45) is 0. The summed E-state index contributed by atoms with van der Waals surface area (Å²) in [6, 6.07) is 8.56. The first-order valence-corrected chi connectivity index (χ1v) is 9.51. The van der Waals surface area contributed by atoms with Crippen molar-refractivity contribution < 1.29 is 17.9 Å². The van der Waals surface area contributed by atoms with Crippen molar-refractivity contribution in [3.8, 4) is 5.75 Å². The van der Waals surface area contributed by atoms with Crippen molar-refractivity contribution in [2.75, 3.05) is 14.1 Å². The lowest BCUT2D eigenvalue weighted by Gasteiger charge is -2.13. The molecule has 0 fully saturated rings. The molecule has 24 heavy (non-hydrogen) atoms. The Balaban J connectivity index is 2.39. The predicted octanol–water partition coefficient (Wildman–Crippen LogP) is 4.23. The maximum atomic E-state index is 12.3. The zero-order valence-electron chi connectivity index (χ0n) is 12.6.